The Kier molecular flexibility index (Phi) is 3.25. The van der Waals surface area contributed by atoms with Crippen molar-refractivity contribution in [3.63, 3.8) is 0 Å². The maximum absolute atomic E-state index is 5.51. The molecule has 2 heterocycles. The minimum atomic E-state index is 0.701. The van der Waals surface area contributed by atoms with Crippen LogP contribution in [0.1, 0.15) is 10.8 Å². The molecule has 0 aliphatic heterocycles. The van der Waals surface area contributed by atoms with Crippen molar-refractivity contribution < 1.29 is 4.42 Å². The van der Waals surface area contributed by atoms with Crippen LogP contribution >= 0.6 is 33.9 Å². The molecule has 0 spiro atoms. The maximum Gasteiger partial charge on any atom is 0.164 e. The molecule has 0 fully saturated rings. The summed E-state index contributed by atoms with van der Waals surface area (Å²) in [5.74, 6) is 0.944. The second-order valence-electron chi connectivity index (χ2n) is 3.97. The first-order valence-corrected chi connectivity index (χ1v) is 7.45. The Morgan fingerprint density at radius 3 is 3.00 bits per heavy atom. The summed E-state index contributed by atoms with van der Waals surface area (Å²) in [7, 11) is 0. The van der Waals surface area contributed by atoms with E-state index < -0.39 is 0 Å². The van der Waals surface area contributed by atoms with Gasteiger partial charge in [0.05, 0.1) is 21.8 Å². The van der Waals surface area contributed by atoms with Crippen LogP contribution in [-0.4, -0.2) is 4.98 Å². The number of furan rings is 1. The van der Waals surface area contributed by atoms with Crippen molar-refractivity contribution in [3.05, 3.63) is 44.9 Å². The molecule has 18 heavy (non-hydrogen) atoms. The summed E-state index contributed by atoms with van der Waals surface area (Å²) >= 11 is 3.88. The van der Waals surface area contributed by atoms with Crippen molar-refractivity contribution in [2.45, 2.75) is 13.5 Å². The normalized spacial score (nSPS) is 11.0. The maximum atomic E-state index is 5.51. The van der Waals surface area contributed by atoms with E-state index in [1.807, 2.05) is 25.1 Å². The van der Waals surface area contributed by atoms with Gasteiger partial charge in [-0.05, 0) is 59.8 Å². The fourth-order valence-electron chi connectivity index (χ4n) is 1.79. The van der Waals surface area contributed by atoms with E-state index in [9.17, 15) is 0 Å². The number of fused-ring (bicyclic) bond motifs is 1. The monoisotopic (exact) mass is 370 g/mol. The standard InChI is InChI=1S/C13H11IN2OS/c1-8-16-11-4-2-9(6-12(11)18-8)15-7-10-3-5-13(14)17-10/h2-6,15H,7H2,1H3. The van der Waals surface area contributed by atoms with Crippen LogP contribution in [0.25, 0.3) is 10.2 Å². The fourth-order valence-corrected chi connectivity index (χ4v) is 3.11. The molecule has 1 aromatic carbocycles. The summed E-state index contributed by atoms with van der Waals surface area (Å²) in [4.78, 5) is 4.45. The summed E-state index contributed by atoms with van der Waals surface area (Å²) in [6, 6.07) is 10.2. The molecule has 3 aromatic rings. The van der Waals surface area contributed by atoms with Crippen molar-refractivity contribution >= 4 is 49.8 Å². The van der Waals surface area contributed by atoms with E-state index in [0.717, 1.165) is 25.7 Å². The zero-order valence-corrected chi connectivity index (χ0v) is 12.7. The lowest BCUT2D eigenvalue weighted by Crippen LogP contribution is -1.97. The summed E-state index contributed by atoms with van der Waals surface area (Å²) in [6.07, 6.45) is 0. The second kappa shape index (κ2) is 4.89. The molecule has 0 radical (unpaired) electrons. The van der Waals surface area contributed by atoms with E-state index in [1.54, 1.807) is 11.3 Å². The minimum Gasteiger partial charge on any atom is -0.454 e. The van der Waals surface area contributed by atoms with Gasteiger partial charge in [0, 0.05) is 5.69 Å². The number of nitrogens with zero attached hydrogens (tertiary/aromatic N) is 1. The largest absolute Gasteiger partial charge is 0.454 e. The molecule has 0 aliphatic rings. The molecule has 3 rings (SSSR count). The highest BCUT2D eigenvalue weighted by Crippen LogP contribution is 2.25. The van der Waals surface area contributed by atoms with Crippen LogP contribution in [0.15, 0.2) is 34.7 Å². The molecule has 0 atom stereocenters. The number of rotatable bonds is 3. The number of anilines is 1. The van der Waals surface area contributed by atoms with Crippen LogP contribution in [0.5, 0.6) is 0 Å². The average Bonchev–Trinajstić information content (AvgIpc) is 2.90. The van der Waals surface area contributed by atoms with Crippen LogP contribution in [0.3, 0.4) is 0 Å². The predicted molar refractivity (Wildman–Crippen MR) is 83.1 cm³/mol. The highest BCUT2D eigenvalue weighted by atomic mass is 127. The van der Waals surface area contributed by atoms with Crippen LogP contribution in [-0.2, 0) is 6.54 Å². The van der Waals surface area contributed by atoms with E-state index in [0.29, 0.717) is 6.54 Å². The second-order valence-corrected chi connectivity index (χ2v) is 6.27. The third-order valence-corrected chi connectivity index (χ3v) is 4.10. The van der Waals surface area contributed by atoms with Gasteiger partial charge in [-0.1, -0.05) is 0 Å². The molecule has 2 aromatic heterocycles. The lowest BCUT2D eigenvalue weighted by Gasteiger charge is -2.03. The average molecular weight is 370 g/mol. The number of aryl methyl sites for hydroxylation is 1. The molecule has 0 aliphatic carbocycles. The number of benzene rings is 1. The molecular formula is C13H11IN2OS. The SMILES string of the molecule is Cc1nc2ccc(NCc3ccc(I)o3)cc2s1. The Morgan fingerprint density at radius 1 is 1.33 bits per heavy atom. The topological polar surface area (TPSA) is 38.1 Å². The molecule has 1 N–H and O–H groups in total. The van der Waals surface area contributed by atoms with E-state index >= 15 is 0 Å². The first-order chi connectivity index (χ1) is 8.70. The lowest BCUT2D eigenvalue weighted by molar-refractivity contribution is 0.493. The number of hydrogen-bond donors (Lipinski definition) is 1. The molecule has 0 bridgehead atoms. The van der Waals surface area contributed by atoms with Gasteiger partial charge in [-0.2, -0.15) is 0 Å². The van der Waals surface area contributed by atoms with Gasteiger partial charge in [0.2, 0.25) is 0 Å². The van der Waals surface area contributed by atoms with Gasteiger partial charge < -0.3 is 9.73 Å². The van der Waals surface area contributed by atoms with Gasteiger partial charge >= 0.3 is 0 Å². The molecule has 92 valence electrons. The van der Waals surface area contributed by atoms with Crippen LogP contribution in [0.4, 0.5) is 5.69 Å². The zero-order chi connectivity index (χ0) is 12.5. The molecule has 3 nitrogen and oxygen atoms in total. The number of thiazole rings is 1. The Morgan fingerprint density at radius 2 is 2.22 bits per heavy atom. The van der Waals surface area contributed by atoms with Gasteiger partial charge in [0.25, 0.3) is 0 Å². The van der Waals surface area contributed by atoms with Gasteiger partial charge in [0.1, 0.15) is 5.76 Å². The van der Waals surface area contributed by atoms with Crippen molar-refractivity contribution in [2.75, 3.05) is 5.32 Å². The van der Waals surface area contributed by atoms with E-state index in [-0.39, 0.29) is 0 Å². The fraction of sp³-hybridized carbons (Fsp3) is 0.154. The number of hydrogen-bond acceptors (Lipinski definition) is 4. The van der Waals surface area contributed by atoms with Gasteiger partial charge in [-0.25, -0.2) is 4.98 Å². The molecule has 5 heteroatoms. The third kappa shape index (κ3) is 2.51. The van der Waals surface area contributed by atoms with Gasteiger partial charge in [0.15, 0.2) is 3.77 Å². The molecule has 0 amide bonds. The van der Waals surface area contributed by atoms with E-state index in [4.69, 9.17) is 4.42 Å². The predicted octanol–water partition coefficient (Wildman–Crippen LogP) is 4.41. The molecule has 0 saturated carbocycles. The molecule has 0 unspecified atom stereocenters. The molecular weight excluding hydrogens is 359 g/mol. The van der Waals surface area contributed by atoms with Crippen LogP contribution in [0.2, 0.25) is 0 Å². The quantitative estimate of drug-likeness (QED) is 0.694. The Labute approximate surface area is 122 Å². The highest BCUT2D eigenvalue weighted by Gasteiger charge is 2.03. The van der Waals surface area contributed by atoms with Crippen molar-refractivity contribution in [3.8, 4) is 0 Å². The first kappa shape index (κ1) is 12.0. The summed E-state index contributed by atoms with van der Waals surface area (Å²) in [6.45, 7) is 2.73. The minimum absolute atomic E-state index is 0.701. The number of aromatic nitrogens is 1. The number of halogens is 1. The van der Waals surface area contributed by atoms with Gasteiger partial charge in [-0.15, -0.1) is 11.3 Å². The van der Waals surface area contributed by atoms with Crippen molar-refractivity contribution in [1.82, 2.24) is 4.98 Å². The van der Waals surface area contributed by atoms with Crippen molar-refractivity contribution in [1.29, 1.82) is 0 Å². The Bertz CT molecular complexity index is 689. The Hall–Kier alpha value is -1.08. The lowest BCUT2D eigenvalue weighted by atomic mass is 10.3. The Balaban J connectivity index is 1.78. The van der Waals surface area contributed by atoms with Crippen LogP contribution in [0, 0.1) is 10.7 Å². The molecule has 0 saturated heterocycles. The first-order valence-electron chi connectivity index (χ1n) is 5.56. The van der Waals surface area contributed by atoms with Gasteiger partial charge in [-0.3, -0.25) is 0 Å². The summed E-state index contributed by atoms with van der Waals surface area (Å²) < 4.78 is 7.64. The number of nitrogens with one attached hydrogen (secondary N) is 1. The summed E-state index contributed by atoms with van der Waals surface area (Å²) in [5.41, 5.74) is 2.16. The van der Waals surface area contributed by atoms with Crippen LogP contribution < -0.4 is 5.32 Å². The van der Waals surface area contributed by atoms with E-state index in [2.05, 4.69) is 45.0 Å². The zero-order valence-electron chi connectivity index (χ0n) is 9.74. The summed E-state index contributed by atoms with van der Waals surface area (Å²) in [5, 5.41) is 4.46. The van der Waals surface area contributed by atoms with Crippen molar-refractivity contribution in [2.24, 2.45) is 0 Å². The third-order valence-electron chi connectivity index (χ3n) is 2.59. The highest BCUT2D eigenvalue weighted by molar-refractivity contribution is 14.1. The smallest absolute Gasteiger partial charge is 0.164 e. The van der Waals surface area contributed by atoms with E-state index in [1.165, 1.54) is 4.70 Å².